The number of sulfonamides is 1. The van der Waals surface area contributed by atoms with Crippen LogP contribution in [0.4, 0.5) is 11.4 Å². The molecule has 0 heterocycles. The molecule has 1 amide bonds. The van der Waals surface area contributed by atoms with Gasteiger partial charge in [0.1, 0.15) is 0 Å². The first kappa shape index (κ1) is 18.4. The molecule has 0 unspecified atom stereocenters. The van der Waals surface area contributed by atoms with Crippen molar-refractivity contribution in [3.05, 3.63) is 18.2 Å². The van der Waals surface area contributed by atoms with Crippen molar-refractivity contribution in [2.75, 3.05) is 38.4 Å². The van der Waals surface area contributed by atoms with Gasteiger partial charge in [0.15, 0.2) is 0 Å². The molecule has 22 heavy (non-hydrogen) atoms. The Bertz CT molecular complexity index is 637. The average molecular weight is 327 g/mol. The summed E-state index contributed by atoms with van der Waals surface area (Å²) in [6.45, 7) is 3.92. The van der Waals surface area contributed by atoms with Gasteiger partial charge in [0.2, 0.25) is 15.9 Å². The normalized spacial score (nSPS) is 11.8. The number of carbonyl (C=O) groups excluding carboxylic acids is 1. The van der Waals surface area contributed by atoms with E-state index in [-0.39, 0.29) is 16.7 Å². The molecule has 0 aliphatic heterocycles. The summed E-state index contributed by atoms with van der Waals surface area (Å²) in [4.78, 5) is 14.0. The lowest BCUT2D eigenvalue weighted by molar-refractivity contribution is -0.116. The monoisotopic (exact) mass is 327 g/mol. The van der Waals surface area contributed by atoms with Crippen LogP contribution in [0.3, 0.4) is 0 Å². The maximum atomic E-state index is 12.2. The SMILES string of the molecule is CC(C)CC(=O)Nc1cc(S(=O)(=O)N(C)C)ccc1N(C)C. The van der Waals surface area contributed by atoms with Gasteiger partial charge in [0, 0.05) is 34.6 Å². The summed E-state index contributed by atoms with van der Waals surface area (Å²) in [6.07, 6.45) is 0.386. The molecule has 0 aromatic heterocycles. The van der Waals surface area contributed by atoms with Crippen molar-refractivity contribution < 1.29 is 13.2 Å². The molecule has 1 N–H and O–H groups in total. The number of hydrogen-bond donors (Lipinski definition) is 1. The van der Waals surface area contributed by atoms with Gasteiger partial charge in [-0.05, 0) is 24.1 Å². The zero-order valence-electron chi connectivity index (χ0n) is 14.0. The first-order valence-electron chi connectivity index (χ1n) is 7.09. The van der Waals surface area contributed by atoms with Crippen LogP contribution in [0.25, 0.3) is 0 Å². The molecule has 0 aliphatic carbocycles. The van der Waals surface area contributed by atoms with Gasteiger partial charge in [-0.25, -0.2) is 12.7 Å². The Morgan fingerprint density at radius 2 is 1.77 bits per heavy atom. The third kappa shape index (κ3) is 4.45. The number of benzene rings is 1. The molecule has 0 saturated carbocycles. The second-order valence-electron chi connectivity index (χ2n) is 6.01. The van der Waals surface area contributed by atoms with E-state index in [0.29, 0.717) is 12.1 Å². The Labute approximate surface area is 133 Å². The van der Waals surface area contributed by atoms with E-state index in [0.717, 1.165) is 9.99 Å². The van der Waals surface area contributed by atoms with E-state index in [1.807, 2.05) is 32.8 Å². The Balaban J connectivity index is 3.25. The number of nitrogens with zero attached hydrogens (tertiary/aromatic N) is 2. The molecule has 1 aromatic carbocycles. The van der Waals surface area contributed by atoms with Crippen LogP contribution in [0, 0.1) is 5.92 Å². The topological polar surface area (TPSA) is 69.7 Å². The molecule has 7 heteroatoms. The molecule has 0 spiro atoms. The van der Waals surface area contributed by atoms with E-state index >= 15 is 0 Å². The van der Waals surface area contributed by atoms with E-state index in [9.17, 15) is 13.2 Å². The lowest BCUT2D eigenvalue weighted by Crippen LogP contribution is -2.23. The molecule has 0 radical (unpaired) electrons. The van der Waals surface area contributed by atoms with Crippen molar-refractivity contribution in [1.82, 2.24) is 4.31 Å². The molecule has 0 saturated heterocycles. The van der Waals surface area contributed by atoms with Crippen molar-refractivity contribution in [3.8, 4) is 0 Å². The van der Waals surface area contributed by atoms with E-state index in [2.05, 4.69) is 5.32 Å². The van der Waals surface area contributed by atoms with Crippen LogP contribution in [-0.4, -0.2) is 46.8 Å². The average Bonchev–Trinajstić information content (AvgIpc) is 2.36. The Morgan fingerprint density at radius 1 is 1.18 bits per heavy atom. The summed E-state index contributed by atoms with van der Waals surface area (Å²) in [7, 11) is 3.10. The van der Waals surface area contributed by atoms with Gasteiger partial charge in [-0.15, -0.1) is 0 Å². The highest BCUT2D eigenvalue weighted by Crippen LogP contribution is 2.28. The fraction of sp³-hybridized carbons (Fsp3) is 0.533. The zero-order chi connectivity index (χ0) is 17.1. The minimum absolute atomic E-state index is 0.127. The van der Waals surface area contributed by atoms with Gasteiger partial charge in [-0.2, -0.15) is 0 Å². The van der Waals surface area contributed by atoms with Gasteiger partial charge >= 0.3 is 0 Å². The first-order valence-corrected chi connectivity index (χ1v) is 8.53. The minimum atomic E-state index is -3.54. The van der Waals surface area contributed by atoms with Gasteiger partial charge in [0.05, 0.1) is 16.3 Å². The van der Waals surface area contributed by atoms with E-state index in [4.69, 9.17) is 0 Å². The summed E-state index contributed by atoms with van der Waals surface area (Å²) >= 11 is 0. The lowest BCUT2D eigenvalue weighted by atomic mass is 10.1. The predicted octanol–water partition coefficient (Wildman–Crippen LogP) is 1.99. The summed E-state index contributed by atoms with van der Waals surface area (Å²) in [5.41, 5.74) is 1.26. The standard InChI is InChI=1S/C15H25N3O3S/c1-11(2)9-15(19)16-13-10-12(22(20,21)18(5)6)7-8-14(13)17(3)4/h7-8,10-11H,9H2,1-6H3,(H,16,19). The number of nitrogens with one attached hydrogen (secondary N) is 1. The molecule has 0 atom stereocenters. The maximum absolute atomic E-state index is 12.2. The summed E-state index contributed by atoms with van der Waals surface area (Å²) in [5.74, 6) is 0.106. The summed E-state index contributed by atoms with van der Waals surface area (Å²) in [5, 5.41) is 2.81. The fourth-order valence-electron chi connectivity index (χ4n) is 1.95. The van der Waals surface area contributed by atoms with Crippen molar-refractivity contribution in [3.63, 3.8) is 0 Å². The van der Waals surface area contributed by atoms with Crippen LogP contribution in [0.2, 0.25) is 0 Å². The third-order valence-corrected chi connectivity index (χ3v) is 4.91. The predicted molar refractivity (Wildman–Crippen MR) is 89.7 cm³/mol. The van der Waals surface area contributed by atoms with E-state index < -0.39 is 10.0 Å². The number of anilines is 2. The molecule has 124 valence electrons. The minimum Gasteiger partial charge on any atom is -0.376 e. The molecule has 0 aliphatic rings. The Hall–Kier alpha value is -1.60. The number of carbonyl (C=O) groups is 1. The highest BCUT2D eigenvalue weighted by Gasteiger charge is 2.20. The first-order chi connectivity index (χ1) is 10.1. The second-order valence-corrected chi connectivity index (χ2v) is 8.16. The molecule has 0 bridgehead atoms. The van der Waals surface area contributed by atoms with Crippen LogP contribution >= 0.6 is 0 Å². The molecule has 0 fully saturated rings. The molecule has 1 aromatic rings. The van der Waals surface area contributed by atoms with Crippen LogP contribution in [0.5, 0.6) is 0 Å². The zero-order valence-corrected chi connectivity index (χ0v) is 14.9. The summed E-state index contributed by atoms with van der Waals surface area (Å²) in [6, 6.07) is 4.74. The Morgan fingerprint density at radius 3 is 2.23 bits per heavy atom. The van der Waals surface area contributed by atoms with Crippen LogP contribution in [-0.2, 0) is 14.8 Å². The molecule has 1 rings (SSSR count). The van der Waals surface area contributed by atoms with Gasteiger partial charge in [-0.1, -0.05) is 13.8 Å². The lowest BCUT2D eigenvalue weighted by Gasteiger charge is -2.20. The van der Waals surface area contributed by atoms with Crippen molar-refractivity contribution in [2.24, 2.45) is 5.92 Å². The molecular formula is C15H25N3O3S. The quantitative estimate of drug-likeness (QED) is 0.867. The maximum Gasteiger partial charge on any atom is 0.242 e. The van der Waals surface area contributed by atoms with Gasteiger partial charge in [-0.3, -0.25) is 4.79 Å². The van der Waals surface area contributed by atoms with E-state index in [1.54, 1.807) is 12.1 Å². The number of rotatable bonds is 6. The van der Waals surface area contributed by atoms with E-state index in [1.165, 1.54) is 20.2 Å². The Kier molecular flexibility index (Phi) is 5.96. The van der Waals surface area contributed by atoms with Crippen molar-refractivity contribution in [2.45, 2.75) is 25.2 Å². The van der Waals surface area contributed by atoms with Crippen LogP contribution in [0.15, 0.2) is 23.1 Å². The number of amides is 1. The van der Waals surface area contributed by atoms with Gasteiger partial charge < -0.3 is 10.2 Å². The van der Waals surface area contributed by atoms with Crippen molar-refractivity contribution >= 4 is 27.3 Å². The second kappa shape index (κ2) is 7.11. The van der Waals surface area contributed by atoms with Crippen molar-refractivity contribution in [1.29, 1.82) is 0 Å². The fourth-order valence-corrected chi connectivity index (χ4v) is 2.88. The van der Waals surface area contributed by atoms with Gasteiger partial charge in [0.25, 0.3) is 0 Å². The molecule has 6 nitrogen and oxygen atoms in total. The molecular weight excluding hydrogens is 302 g/mol. The summed E-state index contributed by atoms with van der Waals surface area (Å²) < 4.78 is 25.6. The smallest absolute Gasteiger partial charge is 0.242 e. The third-order valence-electron chi connectivity index (χ3n) is 3.10. The highest BCUT2D eigenvalue weighted by atomic mass is 32.2. The largest absolute Gasteiger partial charge is 0.376 e. The van der Waals surface area contributed by atoms with Crippen LogP contribution in [0.1, 0.15) is 20.3 Å². The number of hydrogen-bond acceptors (Lipinski definition) is 4. The van der Waals surface area contributed by atoms with Crippen LogP contribution < -0.4 is 10.2 Å². The highest BCUT2D eigenvalue weighted by molar-refractivity contribution is 7.89.